The van der Waals surface area contributed by atoms with Gasteiger partial charge in [-0.3, -0.25) is 10.2 Å². The van der Waals surface area contributed by atoms with Gasteiger partial charge in [0, 0.05) is 12.7 Å². The van der Waals surface area contributed by atoms with E-state index in [2.05, 4.69) is 4.74 Å². The lowest BCUT2D eigenvalue weighted by Gasteiger charge is -2.12. The molecule has 23 heavy (non-hydrogen) atoms. The highest BCUT2D eigenvalue weighted by Gasteiger charge is 2.30. The van der Waals surface area contributed by atoms with Gasteiger partial charge in [0.25, 0.3) is 5.91 Å². The van der Waals surface area contributed by atoms with Crippen LogP contribution in [0, 0.1) is 5.41 Å². The highest BCUT2D eigenvalue weighted by molar-refractivity contribution is 6.30. The molecule has 1 amide bonds. The van der Waals surface area contributed by atoms with Crippen molar-refractivity contribution in [3.63, 3.8) is 0 Å². The van der Waals surface area contributed by atoms with Crippen molar-refractivity contribution in [2.45, 2.75) is 12.9 Å². The number of aromatic nitrogens is 1. The molecule has 0 fully saturated rings. The van der Waals surface area contributed by atoms with E-state index >= 15 is 0 Å². The van der Waals surface area contributed by atoms with Gasteiger partial charge in [-0.05, 0) is 23.8 Å². The molecule has 0 saturated carbocycles. The first-order chi connectivity index (χ1) is 10.7. The Morgan fingerprint density at radius 2 is 1.91 bits per heavy atom. The summed E-state index contributed by atoms with van der Waals surface area (Å²) in [7, 11) is 0. The highest BCUT2D eigenvalue weighted by atomic mass is 35.5. The van der Waals surface area contributed by atoms with Crippen molar-refractivity contribution in [3.8, 4) is 5.75 Å². The average molecular weight is 346 g/mol. The minimum atomic E-state index is -4.76. The summed E-state index contributed by atoms with van der Waals surface area (Å²) >= 11 is 5.87. The molecule has 1 aromatic carbocycles. The van der Waals surface area contributed by atoms with Crippen LogP contribution in [0.5, 0.6) is 5.75 Å². The SMILES string of the molecule is N=c1c(C(N)=O)cc(Cl)cn1Cc1ccc(OC(F)(F)F)cc1. The molecular formula is C14H11ClF3N3O2. The van der Waals surface area contributed by atoms with Crippen LogP contribution in [0.3, 0.4) is 0 Å². The third kappa shape index (κ3) is 4.49. The highest BCUT2D eigenvalue weighted by Crippen LogP contribution is 2.23. The second-order valence-corrected chi connectivity index (χ2v) is 5.04. The molecule has 1 heterocycles. The number of carbonyl (C=O) groups is 1. The number of pyridine rings is 1. The quantitative estimate of drug-likeness (QED) is 0.893. The smallest absolute Gasteiger partial charge is 0.406 e. The van der Waals surface area contributed by atoms with Crippen molar-refractivity contribution in [2.75, 3.05) is 0 Å². The van der Waals surface area contributed by atoms with Crippen molar-refractivity contribution in [3.05, 3.63) is 58.2 Å². The van der Waals surface area contributed by atoms with Gasteiger partial charge >= 0.3 is 6.36 Å². The van der Waals surface area contributed by atoms with Gasteiger partial charge in [0.15, 0.2) is 0 Å². The number of amides is 1. The number of nitrogens with one attached hydrogen (secondary N) is 1. The van der Waals surface area contributed by atoms with E-state index < -0.39 is 12.3 Å². The summed E-state index contributed by atoms with van der Waals surface area (Å²) in [6.45, 7) is 0.131. The fourth-order valence-corrected chi connectivity index (χ4v) is 2.14. The van der Waals surface area contributed by atoms with Crippen LogP contribution < -0.4 is 16.0 Å². The van der Waals surface area contributed by atoms with Gasteiger partial charge in [-0.15, -0.1) is 13.2 Å². The molecule has 122 valence electrons. The fraction of sp³-hybridized carbons (Fsp3) is 0.143. The van der Waals surface area contributed by atoms with Crippen molar-refractivity contribution in [1.82, 2.24) is 4.57 Å². The van der Waals surface area contributed by atoms with Gasteiger partial charge in [0.1, 0.15) is 11.2 Å². The molecule has 1 aromatic heterocycles. The van der Waals surface area contributed by atoms with Gasteiger partial charge in [-0.2, -0.15) is 0 Å². The first kappa shape index (κ1) is 16.9. The monoisotopic (exact) mass is 345 g/mol. The number of alkyl halides is 3. The van der Waals surface area contributed by atoms with Crippen LogP contribution >= 0.6 is 11.6 Å². The molecule has 2 rings (SSSR count). The number of rotatable bonds is 4. The molecule has 3 N–H and O–H groups in total. The molecular weight excluding hydrogens is 335 g/mol. The maximum Gasteiger partial charge on any atom is 0.573 e. The zero-order valence-electron chi connectivity index (χ0n) is 11.5. The predicted octanol–water partition coefficient (Wildman–Crippen LogP) is 2.67. The summed E-state index contributed by atoms with van der Waals surface area (Å²) in [6, 6.07) is 6.43. The van der Waals surface area contributed by atoms with Gasteiger partial charge in [0.05, 0.1) is 10.6 Å². The summed E-state index contributed by atoms with van der Waals surface area (Å²) in [4.78, 5) is 11.3. The lowest BCUT2D eigenvalue weighted by Crippen LogP contribution is -2.29. The Morgan fingerprint density at radius 1 is 1.30 bits per heavy atom. The molecule has 0 unspecified atom stereocenters. The summed E-state index contributed by atoms with van der Waals surface area (Å²) in [6.07, 6.45) is -3.33. The number of nitrogens with zero attached hydrogens (tertiary/aromatic N) is 1. The van der Waals surface area contributed by atoms with Crippen LogP contribution in [0.15, 0.2) is 36.5 Å². The van der Waals surface area contributed by atoms with E-state index in [1.807, 2.05) is 0 Å². The van der Waals surface area contributed by atoms with Gasteiger partial charge in [-0.1, -0.05) is 23.7 Å². The van der Waals surface area contributed by atoms with Crippen LogP contribution in [0.4, 0.5) is 13.2 Å². The Labute approximate surface area is 133 Å². The molecule has 0 aliphatic heterocycles. The van der Waals surface area contributed by atoms with Crippen molar-refractivity contribution in [1.29, 1.82) is 5.41 Å². The Hall–Kier alpha value is -2.48. The number of hydrogen-bond acceptors (Lipinski definition) is 3. The lowest BCUT2D eigenvalue weighted by atomic mass is 10.2. The molecule has 9 heteroatoms. The number of halogens is 4. The number of primary amides is 1. The van der Waals surface area contributed by atoms with Gasteiger partial charge in [0.2, 0.25) is 0 Å². The van der Waals surface area contributed by atoms with Gasteiger partial charge < -0.3 is 15.0 Å². The number of carbonyl (C=O) groups excluding carboxylic acids is 1. The molecule has 0 aliphatic rings. The number of nitrogens with two attached hydrogens (primary N) is 1. The molecule has 0 spiro atoms. The summed E-state index contributed by atoms with van der Waals surface area (Å²) < 4.78 is 41.4. The standard InChI is InChI=1S/C14H11ClF3N3O2/c15-9-5-11(13(20)22)12(19)21(7-9)6-8-1-3-10(4-2-8)23-14(16,17)18/h1-5,7,19H,6H2,(H2,20,22). The molecule has 2 aromatic rings. The topological polar surface area (TPSA) is 81.1 Å². The largest absolute Gasteiger partial charge is 0.573 e. The second kappa shape index (κ2) is 6.33. The zero-order valence-corrected chi connectivity index (χ0v) is 12.3. The summed E-state index contributed by atoms with van der Waals surface area (Å²) in [5, 5.41) is 8.13. The number of benzene rings is 1. The average Bonchev–Trinajstić information content (AvgIpc) is 2.42. The molecule has 0 saturated heterocycles. The molecule has 5 nitrogen and oxygen atoms in total. The zero-order chi connectivity index (χ0) is 17.2. The van der Waals surface area contributed by atoms with Crippen molar-refractivity contribution in [2.24, 2.45) is 5.73 Å². The van der Waals surface area contributed by atoms with Crippen LogP contribution in [0.2, 0.25) is 5.02 Å². The van der Waals surface area contributed by atoms with E-state index in [0.29, 0.717) is 5.56 Å². The van der Waals surface area contributed by atoms with E-state index in [4.69, 9.17) is 22.7 Å². The molecule has 0 radical (unpaired) electrons. The van der Waals surface area contributed by atoms with E-state index in [1.165, 1.54) is 29.0 Å². The van der Waals surface area contributed by atoms with Crippen molar-refractivity contribution < 1.29 is 22.7 Å². The summed E-state index contributed by atoms with van der Waals surface area (Å²) in [5.41, 5.74) is 5.58. The molecule has 0 atom stereocenters. The Bertz CT molecular complexity index is 785. The Balaban J connectivity index is 2.26. The number of hydrogen-bond donors (Lipinski definition) is 2. The maximum absolute atomic E-state index is 12.1. The third-order valence-electron chi connectivity index (χ3n) is 2.88. The van der Waals surface area contributed by atoms with E-state index in [1.54, 1.807) is 0 Å². The first-order valence-corrected chi connectivity index (χ1v) is 6.62. The first-order valence-electron chi connectivity index (χ1n) is 6.25. The van der Waals surface area contributed by atoms with E-state index in [0.717, 1.165) is 12.1 Å². The third-order valence-corrected chi connectivity index (χ3v) is 3.09. The second-order valence-electron chi connectivity index (χ2n) is 4.60. The Kier molecular flexibility index (Phi) is 4.65. The van der Waals surface area contributed by atoms with E-state index in [9.17, 15) is 18.0 Å². The van der Waals surface area contributed by atoms with Crippen LogP contribution in [-0.2, 0) is 6.54 Å². The number of ether oxygens (including phenoxy) is 1. The van der Waals surface area contributed by atoms with Gasteiger partial charge in [-0.25, -0.2) is 0 Å². The molecule has 0 bridgehead atoms. The lowest BCUT2D eigenvalue weighted by molar-refractivity contribution is -0.274. The minimum Gasteiger partial charge on any atom is -0.406 e. The maximum atomic E-state index is 12.1. The summed E-state index contributed by atoms with van der Waals surface area (Å²) in [5.74, 6) is -1.14. The fourth-order valence-electron chi connectivity index (χ4n) is 1.92. The van der Waals surface area contributed by atoms with E-state index in [-0.39, 0.29) is 28.4 Å². The Morgan fingerprint density at radius 3 is 2.43 bits per heavy atom. The van der Waals surface area contributed by atoms with Crippen molar-refractivity contribution >= 4 is 17.5 Å². The van der Waals surface area contributed by atoms with Crippen LogP contribution in [0.1, 0.15) is 15.9 Å². The molecule has 0 aliphatic carbocycles. The van der Waals surface area contributed by atoms with Crippen LogP contribution in [0.25, 0.3) is 0 Å². The predicted molar refractivity (Wildman–Crippen MR) is 76.0 cm³/mol. The normalized spacial score (nSPS) is 11.3. The minimum absolute atomic E-state index is 0.0467. The van der Waals surface area contributed by atoms with Crippen LogP contribution in [-0.4, -0.2) is 16.8 Å².